The third-order valence-corrected chi connectivity index (χ3v) is 2.49. The highest BCUT2D eigenvalue weighted by atomic mass is 16.5. The van der Waals surface area contributed by atoms with Crippen LogP contribution in [-0.2, 0) is 9.47 Å². The Balaban J connectivity index is 0. The normalized spacial score (nSPS) is 11.9. The topological polar surface area (TPSA) is 99.4 Å². The molecule has 6 nitrogen and oxygen atoms in total. The molecule has 0 aliphatic carbocycles. The van der Waals surface area contributed by atoms with Gasteiger partial charge in [-0.1, -0.05) is 0 Å². The van der Waals surface area contributed by atoms with Crippen molar-refractivity contribution in [2.24, 2.45) is 0 Å². The van der Waals surface area contributed by atoms with Crippen LogP contribution in [0.25, 0.3) is 0 Å². The average molecular weight is 310 g/mol. The monoisotopic (exact) mass is 310 g/mol. The van der Waals surface area contributed by atoms with Gasteiger partial charge in [-0.15, -0.1) is 0 Å². The minimum Gasteiger partial charge on any atom is -0.396 e. The molecule has 6 heteroatoms. The Kier molecular flexibility index (Phi) is 24.2. The van der Waals surface area contributed by atoms with E-state index in [1.54, 1.807) is 0 Å². The Bertz CT molecular complexity index is 152. The molecule has 0 aromatic carbocycles. The number of aliphatic hydroxyl groups is 4. The van der Waals surface area contributed by atoms with E-state index in [1.807, 2.05) is 0 Å². The zero-order valence-corrected chi connectivity index (χ0v) is 13.4. The summed E-state index contributed by atoms with van der Waals surface area (Å²) in [5.41, 5.74) is 0. The molecule has 0 fully saturated rings. The number of unbranched alkanes of at least 4 members (excludes halogenated alkanes) is 3. The quantitative estimate of drug-likeness (QED) is 0.353. The maximum atomic E-state index is 8.54. The van der Waals surface area contributed by atoms with E-state index in [0.29, 0.717) is 0 Å². The van der Waals surface area contributed by atoms with Gasteiger partial charge < -0.3 is 29.9 Å². The lowest BCUT2D eigenvalue weighted by Crippen LogP contribution is -2.03. The van der Waals surface area contributed by atoms with E-state index < -0.39 is 6.10 Å². The summed E-state index contributed by atoms with van der Waals surface area (Å²) >= 11 is 0. The van der Waals surface area contributed by atoms with Crippen molar-refractivity contribution in [2.75, 3.05) is 46.2 Å². The van der Waals surface area contributed by atoms with Crippen LogP contribution in [0.4, 0.5) is 0 Å². The van der Waals surface area contributed by atoms with Crippen LogP contribution in [0.15, 0.2) is 0 Å². The molecule has 1 atom stereocenters. The fourth-order valence-electron chi connectivity index (χ4n) is 1.24. The van der Waals surface area contributed by atoms with E-state index >= 15 is 0 Å². The number of rotatable bonds is 14. The molecule has 0 rings (SSSR count). The van der Waals surface area contributed by atoms with Crippen LogP contribution < -0.4 is 0 Å². The molecule has 0 heterocycles. The molecule has 0 aliphatic rings. The second kappa shape index (κ2) is 22.0. The first-order valence-corrected chi connectivity index (χ1v) is 7.85. The van der Waals surface area contributed by atoms with Crippen molar-refractivity contribution in [3.05, 3.63) is 0 Å². The standard InChI is InChI=1S/C12H26O4.C3H8O2/c13-7-1-3-9-15-11-5-6-12-16-10-4-2-8-14;1-3(5)2-4/h13-14H,1-12H2;3-5H,2H2,1H3. The van der Waals surface area contributed by atoms with Gasteiger partial charge in [-0.3, -0.25) is 0 Å². The fraction of sp³-hybridized carbons (Fsp3) is 1.00. The van der Waals surface area contributed by atoms with Crippen molar-refractivity contribution in [1.29, 1.82) is 0 Å². The maximum absolute atomic E-state index is 8.54. The van der Waals surface area contributed by atoms with E-state index in [2.05, 4.69) is 0 Å². The second-order valence-corrected chi connectivity index (χ2v) is 4.82. The lowest BCUT2D eigenvalue weighted by Gasteiger charge is -2.05. The third-order valence-electron chi connectivity index (χ3n) is 2.49. The van der Waals surface area contributed by atoms with E-state index in [9.17, 15) is 0 Å². The molecule has 0 amide bonds. The zero-order valence-electron chi connectivity index (χ0n) is 13.4. The van der Waals surface area contributed by atoms with Crippen LogP contribution in [0.2, 0.25) is 0 Å². The van der Waals surface area contributed by atoms with Crippen molar-refractivity contribution >= 4 is 0 Å². The molecule has 130 valence electrons. The van der Waals surface area contributed by atoms with Crippen molar-refractivity contribution < 1.29 is 29.9 Å². The van der Waals surface area contributed by atoms with Gasteiger partial charge in [-0.25, -0.2) is 0 Å². The summed E-state index contributed by atoms with van der Waals surface area (Å²) in [6.45, 7) is 4.96. The van der Waals surface area contributed by atoms with Gasteiger partial charge >= 0.3 is 0 Å². The minimum atomic E-state index is -0.560. The highest BCUT2D eigenvalue weighted by molar-refractivity contribution is 4.41. The molecule has 0 saturated carbocycles. The Morgan fingerprint density at radius 2 is 0.952 bits per heavy atom. The molecule has 4 N–H and O–H groups in total. The van der Waals surface area contributed by atoms with Crippen molar-refractivity contribution in [3.8, 4) is 0 Å². The van der Waals surface area contributed by atoms with Gasteiger partial charge in [-0.2, -0.15) is 0 Å². The van der Waals surface area contributed by atoms with Crippen molar-refractivity contribution in [2.45, 2.75) is 51.6 Å². The Morgan fingerprint density at radius 1 is 0.667 bits per heavy atom. The minimum absolute atomic E-state index is 0.139. The summed E-state index contributed by atoms with van der Waals surface area (Å²) in [6, 6.07) is 0. The van der Waals surface area contributed by atoms with Gasteiger partial charge in [0.1, 0.15) is 0 Å². The van der Waals surface area contributed by atoms with Crippen molar-refractivity contribution in [1.82, 2.24) is 0 Å². The van der Waals surface area contributed by atoms with Crippen LogP contribution in [0.1, 0.15) is 45.4 Å². The van der Waals surface area contributed by atoms with Gasteiger partial charge in [-0.05, 0) is 45.4 Å². The summed E-state index contributed by atoms with van der Waals surface area (Å²) in [6.07, 6.45) is 5.03. The highest BCUT2D eigenvalue weighted by Gasteiger charge is 1.92. The van der Waals surface area contributed by atoms with E-state index in [4.69, 9.17) is 29.9 Å². The number of hydrogen-bond donors (Lipinski definition) is 4. The highest BCUT2D eigenvalue weighted by Crippen LogP contribution is 1.95. The largest absolute Gasteiger partial charge is 0.396 e. The second-order valence-electron chi connectivity index (χ2n) is 4.82. The van der Waals surface area contributed by atoms with Gasteiger partial charge in [0.15, 0.2) is 0 Å². The Labute approximate surface area is 128 Å². The molecule has 0 spiro atoms. The predicted molar refractivity (Wildman–Crippen MR) is 82.3 cm³/mol. The molecule has 0 aromatic heterocycles. The molecule has 0 aliphatic heterocycles. The SMILES string of the molecule is CC(O)CO.OCCCCOCCCCOCCCCO. The third kappa shape index (κ3) is 28.6. The first-order chi connectivity index (χ1) is 10.2. The number of hydrogen-bond acceptors (Lipinski definition) is 6. The van der Waals surface area contributed by atoms with Crippen LogP contribution in [0.5, 0.6) is 0 Å². The van der Waals surface area contributed by atoms with Gasteiger partial charge in [0, 0.05) is 39.6 Å². The zero-order chi connectivity index (χ0) is 16.2. The molecular weight excluding hydrogens is 276 g/mol. The molecule has 0 aromatic rings. The number of ether oxygens (including phenoxy) is 2. The molecule has 1 unspecified atom stereocenters. The summed E-state index contributed by atoms with van der Waals surface area (Å²) < 4.78 is 10.8. The van der Waals surface area contributed by atoms with E-state index in [0.717, 1.165) is 65.0 Å². The fourth-order valence-corrected chi connectivity index (χ4v) is 1.24. The molecule has 21 heavy (non-hydrogen) atoms. The number of aliphatic hydroxyl groups excluding tert-OH is 4. The van der Waals surface area contributed by atoms with Crippen LogP contribution >= 0.6 is 0 Å². The van der Waals surface area contributed by atoms with Gasteiger partial charge in [0.25, 0.3) is 0 Å². The average Bonchev–Trinajstić information content (AvgIpc) is 2.49. The summed E-state index contributed by atoms with van der Waals surface area (Å²) in [7, 11) is 0. The van der Waals surface area contributed by atoms with Crippen LogP contribution in [0, 0.1) is 0 Å². The Morgan fingerprint density at radius 3 is 1.19 bits per heavy atom. The predicted octanol–water partition coefficient (Wildman–Crippen LogP) is 0.704. The lowest BCUT2D eigenvalue weighted by molar-refractivity contribution is 0.0960. The molecule has 0 bridgehead atoms. The lowest BCUT2D eigenvalue weighted by atomic mass is 10.3. The van der Waals surface area contributed by atoms with E-state index in [1.165, 1.54) is 6.92 Å². The summed E-state index contributed by atoms with van der Waals surface area (Å²) in [4.78, 5) is 0. The van der Waals surface area contributed by atoms with Crippen molar-refractivity contribution in [3.63, 3.8) is 0 Å². The van der Waals surface area contributed by atoms with Gasteiger partial charge in [0.2, 0.25) is 0 Å². The van der Waals surface area contributed by atoms with Crippen LogP contribution in [0.3, 0.4) is 0 Å². The summed E-state index contributed by atoms with van der Waals surface area (Å²) in [5.74, 6) is 0. The van der Waals surface area contributed by atoms with Gasteiger partial charge in [0.05, 0.1) is 12.7 Å². The maximum Gasteiger partial charge on any atom is 0.0742 e. The first kappa shape index (κ1) is 23.0. The van der Waals surface area contributed by atoms with Crippen LogP contribution in [-0.4, -0.2) is 72.8 Å². The molecular formula is C15H34O6. The van der Waals surface area contributed by atoms with E-state index in [-0.39, 0.29) is 19.8 Å². The molecule has 0 radical (unpaired) electrons. The smallest absolute Gasteiger partial charge is 0.0742 e. The molecule has 0 saturated heterocycles. The Hall–Kier alpha value is -0.240. The summed E-state index contributed by atoms with van der Waals surface area (Å²) in [5, 5.41) is 33.1. The first-order valence-electron chi connectivity index (χ1n) is 7.85.